The van der Waals surface area contributed by atoms with Crippen molar-refractivity contribution >= 4 is 0 Å². The van der Waals surface area contributed by atoms with Crippen molar-refractivity contribution in [2.24, 2.45) is 0 Å². The molecule has 1 aliphatic heterocycles. The molecule has 0 spiro atoms. The van der Waals surface area contributed by atoms with Gasteiger partial charge in [-0.1, -0.05) is 0 Å². The van der Waals surface area contributed by atoms with Gasteiger partial charge in [0.25, 0.3) is 0 Å². The van der Waals surface area contributed by atoms with Crippen LogP contribution in [0.25, 0.3) is 0 Å². The minimum Gasteiger partial charge on any atom is -0.367 e. The van der Waals surface area contributed by atoms with Crippen LogP contribution in [0.1, 0.15) is 43.4 Å². The second-order valence-electron chi connectivity index (χ2n) is 4.89. The monoisotopic (exact) mass is 235 g/mol. The fraction of sp³-hybridized carbons (Fsp3) is 0.692. The van der Waals surface area contributed by atoms with Crippen molar-refractivity contribution in [1.82, 2.24) is 15.3 Å². The van der Waals surface area contributed by atoms with Crippen molar-refractivity contribution in [3.8, 4) is 0 Å². The first-order valence-electron chi connectivity index (χ1n) is 6.28. The minimum absolute atomic E-state index is 0.299. The second-order valence-corrected chi connectivity index (χ2v) is 4.89. The van der Waals surface area contributed by atoms with E-state index in [1.54, 1.807) is 0 Å². The topological polar surface area (TPSA) is 47.0 Å². The highest BCUT2D eigenvalue weighted by atomic mass is 16.5. The smallest absolute Gasteiger partial charge is 0.160 e. The molecule has 0 amide bonds. The normalized spacial score (nSPS) is 24.9. The van der Waals surface area contributed by atoms with Crippen LogP contribution in [0.3, 0.4) is 0 Å². The van der Waals surface area contributed by atoms with E-state index >= 15 is 0 Å². The first-order valence-corrected chi connectivity index (χ1v) is 6.28. The Balaban J connectivity index is 2.30. The van der Waals surface area contributed by atoms with Gasteiger partial charge in [0.05, 0.1) is 5.69 Å². The van der Waals surface area contributed by atoms with Crippen LogP contribution >= 0.6 is 0 Å². The van der Waals surface area contributed by atoms with Gasteiger partial charge in [0, 0.05) is 18.8 Å². The van der Waals surface area contributed by atoms with Crippen molar-refractivity contribution in [1.29, 1.82) is 0 Å². The van der Waals surface area contributed by atoms with Gasteiger partial charge in [-0.15, -0.1) is 0 Å². The van der Waals surface area contributed by atoms with Gasteiger partial charge in [-0.25, -0.2) is 9.97 Å². The predicted octanol–water partition coefficient (Wildman–Crippen LogP) is 1.92. The molecule has 1 aromatic heterocycles. The molecule has 1 aliphatic rings. The third-order valence-electron chi connectivity index (χ3n) is 3.21. The summed E-state index contributed by atoms with van der Waals surface area (Å²) in [5.41, 5.74) is 1.74. The SMILES string of the molecule is CNCc1cc(C)nc(C2(C)CCCCO2)n1. The van der Waals surface area contributed by atoms with Crippen molar-refractivity contribution in [3.63, 3.8) is 0 Å². The lowest BCUT2D eigenvalue weighted by Gasteiger charge is -2.32. The van der Waals surface area contributed by atoms with E-state index in [-0.39, 0.29) is 5.60 Å². The third kappa shape index (κ3) is 2.82. The molecule has 0 aromatic carbocycles. The van der Waals surface area contributed by atoms with Gasteiger partial charge in [-0.2, -0.15) is 0 Å². The highest BCUT2D eigenvalue weighted by molar-refractivity contribution is 5.14. The van der Waals surface area contributed by atoms with Gasteiger partial charge in [0.15, 0.2) is 5.82 Å². The molecule has 4 nitrogen and oxygen atoms in total. The van der Waals surface area contributed by atoms with Gasteiger partial charge in [-0.05, 0) is 46.2 Å². The standard InChI is InChI=1S/C13H21N3O/c1-10-8-11(9-14-3)16-12(15-10)13(2)6-4-5-7-17-13/h8,14H,4-7,9H2,1-3H3. The van der Waals surface area contributed by atoms with Crippen LogP contribution in [0.15, 0.2) is 6.07 Å². The Hall–Kier alpha value is -1.00. The zero-order chi connectivity index (χ0) is 12.3. The highest BCUT2D eigenvalue weighted by Crippen LogP contribution is 2.32. The lowest BCUT2D eigenvalue weighted by atomic mass is 9.95. The molecule has 0 radical (unpaired) electrons. The molecule has 1 unspecified atom stereocenters. The van der Waals surface area contributed by atoms with Gasteiger partial charge >= 0.3 is 0 Å². The number of hydrogen-bond donors (Lipinski definition) is 1. The molecule has 94 valence electrons. The summed E-state index contributed by atoms with van der Waals surface area (Å²) in [6.07, 6.45) is 3.34. The maximum atomic E-state index is 5.89. The average molecular weight is 235 g/mol. The Labute approximate surface area is 103 Å². The number of aryl methyl sites for hydroxylation is 1. The largest absolute Gasteiger partial charge is 0.367 e. The van der Waals surface area contributed by atoms with Crippen LogP contribution in [0.4, 0.5) is 0 Å². The quantitative estimate of drug-likeness (QED) is 0.869. The Bertz CT molecular complexity index is 386. The summed E-state index contributed by atoms with van der Waals surface area (Å²) in [5.74, 6) is 0.836. The molecule has 4 heteroatoms. The van der Waals surface area contributed by atoms with Gasteiger partial charge in [0.2, 0.25) is 0 Å². The summed E-state index contributed by atoms with van der Waals surface area (Å²) < 4.78 is 5.89. The van der Waals surface area contributed by atoms with Crippen molar-refractivity contribution < 1.29 is 4.74 Å². The third-order valence-corrected chi connectivity index (χ3v) is 3.21. The molecule has 17 heavy (non-hydrogen) atoms. The zero-order valence-electron chi connectivity index (χ0n) is 10.9. The van der Waals surface area contributed by atoms with Crippen LogP contribution in [0.5, 0.6) is 0 Å². The van der Waals surface area contributed by atoms with Crippen LogP contribution in [0, 0.1) is 6.92 Å². The maximum absolute atomic E-state index is 5.89. The number of nitrogens with zero attached hydrogens (tertiary/aromatic N) is 2. The molecule has 1 fully saturated rings. The number of hydrogen-bond acceptors (Lipinski definition) is 4. The van der Waals surface area contributed by atoms with E-state index in [2.05, 4.69) is 22.2 Å². The zero-order valence-corrected chi connectivity index (χ0v) is 10.9. The molecule has 0 aliphatic carbocycles. The van der Waals surface area contributed by atoms with E-state index in [9.17, 15) is 0 Å². The van der Waals surface area contributed by atoms with E-state index in [0.29, 0.717) is 0 Å². The highest BCUT2D eigenvalue weighted by Gasteiger charge is 2.33. The molecular weight excluding hydrogens is 214 g/mol. The Morgan fingerprint density at radius 1 is 1.41 bits per heavy atom. The molecular formula is C13H21N3O. The first kappa shape index (κ1) is 12.5. The van der Waals surface area contributed by atoms with E-state index in [0.717, 1.165) is 43.2 Å². The summed E-state index contributed by atoms with van der Waals surface area (Å²) >= 11 is 0. The summed E-state index contributed by atoms with van der Waals surface area (Å²) in [4.78, 5) is 9.17. The van der Waals surface area contributed by atoms with Crippen LogP contribution in [-0.2, 0) is 16.9 Å². The maximum Gasteiger partial charge on any atom is 0.160 e. The summed E-state index contributed by atoms with van der Waals surface area (Å²) in [5, 5.41) is 3.12. The van der Waals surface area contributed by atoms with Crippen molar-refractivity contribution in [3.05, 3.63) is 23.3 Å². The summed E-state index contributed by atoms with van der Waals surface area (Å²) in [6.45, 7) is 5.70. The Morgan fingerprint density at radius 2 is 2.24 bits per heavy atom. The molecule has 1 aromatic rings. The molecule has 1 saturated heterocycles. The van der Waals surface area contributed by atoms with Gasteiger partial charge < -0.3 is 10.1 Å². The number of ether oxygens (including phenoxy) is 1. The number of aromatic nitrogens is 2. The predicted molar refractivity (Wildman–Crippen MR) is 66.7 cm³/mol. The fourth-order valence-corrected chi connectivity index (χ4v) is 2.25. The molecule has 0 bridgehead atoms. The van der Waals surface area contributed by atoms with Crippen molar-refractivity contribution in [2.75, 3.05) is 13.7 Å². The van der Waals surface area contributed by atoms with E-state index in [4.69, 9.17) is 4.74 Å². The molecule has 2 heterocycles. The van der Waals surface area contributed by atoms with Gasteiger partial charge in [-0.3, -0.25) is 0 Å². The second kappa shape index (κ2) is 5.10. The van der Waals surface area contributed by atoms with E-state index in [1.165, 1.54) is 6.42 Å². The molecule has 2 rings (SSSR count). The van der Waals surface area contributed by atoms with Crippen LogP contribution < -0.4 is 5.32 Å². The number of rotatable bonds is 3. The van der Waals surface area contributed by atoms with Gasteiger partial charge in [0.1, 0.15) is 5.60 Å². The Kier molecular flexibility index (Phi) is 3.74. The summed E-state index contributed by atoms with van der Waals surface area (Å²) in [7, 11) is 1.93. The van der Waals surface area contributed by atoms with E-state index in [1.807, 2.05) is 20.0 Å². The van der Waals surface area contributed by atoms with Crippen molar-refractivity contribution in [2.45, 2.75) is 45.3 Å². The Morgan fingerprint density at radius 3 is 2.88 bits per heavy atom. The van der Waals surface area contributed by atoms with E-state index < -0.39 is 0 Å². The molecule has 1 N–H and O–H groups in total. The van der Waals surface area contributed by atoms with Crippen LogP contribution in [0.2, 0.25) is 0 Å². The lowest BCUT2D eigenvalue weighted by Crippen LogP contribution is -2.33. The average Bonchev–Trinajstić information content (AvgIpc) is 2.30. The summed E-state index contributed by atoms with van der Waals surface area (Å²) in [6, 6.07) is 2.02. The lowest BCUT2D eigenvalue weighted by molar-refractivity contribution is -0.0762. The molecule has 1 atom stereocenters. The first-order chi connectivity index (χ1) is 8.14. The number of nitrogens with one attached hydrogen (secondary N) is 1. The fourth-order valence-electron chi connectivity index (χ4n) is 2.25. The minimum atomic E-state index is -0.299. The van der Waals surface area contributed by atoms with Crippen LogP contribution in [-0.4, -0.2) is 23.6 Å². The molecule has 0 saturated carbocycles.